The fourth-order valence-electron chi connectivity index (χ4n) is 1.53. The van der Waals surface area contributed by atoms with Crippen molar-refractivity contribution in [2.75, 3.05) is 5.75 Å². The van der Waals surface area contributed by atoms with E-state index >= 15 is 0 Å². The third-order valence-electron chi connectivity index (χ3n) is 2.64. The largest absolute Gasteiger partial charge is 0.298 e. The maximum absolute atomic E-state index is 8.99. The van der Waals surface area contributed by atoms with Crippen LogP contribution in [0, 0.1) is 11.3 Å². The van der Waals surface area contributed by atoms with Crippen LogP contribution in [0.25, 0.3) is 0 Å². The van der Waals surface area contributed by atoms with Gasteiger partial charge in [-0.1, -0.05) is 23.7 Å². The molecular weight excluding hydrogens is 252 g/mol. The Morgan fingerprint density at radius 3 is 2.71 bits per heavy atom. The van der Waals surface area contributed by atoms with Crippen molar-refractivity contribution in [2.24, 2.45) is 0 Å². The number of hydrogen-bond acceptors (Lipinski definition) is 3. The van der Waals surface area contributed by atoms with Crippen LogP contribution < -0.4 is 5.32 Å². The summed E-state index contributed by atoms with van der Waals surface area (Å²) in [5.41, 5.74) is 1.25. The Balaban J connectivity index is 1.70. The minimum absolute atomic E-state index is 0.0141. The highest BCUT2D eigenvalue weighted by molar-refractivity contribution is 7.98. The summed E-state index contributed by atoms with van der Waals surface area (Å²) in [4.78, 5) is 0. The van der Waals surface area contributed by atoms with E-state index < -0.39 is 0 Å². The molecule has 1 aliphatic carbocycles. The Bertz CT molecular complexity index is 395. The van der Waals surface area contributed by atoms with Crippen molar-refractivity contribution in [1.29, 1.82) is 5.26 Å². The number of halogens is 1. The smallest absolute Gasteiger partial charge is 0.105 e. The minimum atomic E-state index is -0.0141. The Morgan fingerprint density at radius 2 is 2.12 bits per heavy atom. The molecule has 1 aliphatic rings. The van der Waals surface area contributed by atoms with Crippen LogP contribution in [0.5, 0.6) is 0 Å². The molecule has 90 valence electrons. The molecule has 0 radical (unpaired) electrons. The maximum Gasteiger partial charge on any atom is 0.105 e. The summed E-state index contributed by atoms with van der Waals surface area (Å²) in [7, 11) is 0. The number of benzene rings is 1. The Labute approximate surface area is 111 Å². The molecule has 1 saturated carbocycles. The van der Waals surface area contributed by atoms with E-state index in [0.29, 0.717) is 6.04 Å². The molecule has 0 bridgehead atoms. The highest BCUT2D eigenvalue weighted by Crippen LogP contribution is 2.21. The molecule has 0 aliphatic heterocycles. The third-order valence-corrected chi connectivity index (χ3v) is 4.00. The van der Waals surface area contributed by atoms with Crippen LogP contribution in [0.3, 0.4) is 0 Å². The van der Waals surface area contributed by atoms with Crippen molar-refractivity contribution >= 4 is 23.4 Å². The fraction of sp³-hybridized carbons (Fsp3) is 0.462. The summed E-state index contributed by atoms with van der Waals surface area (Å²) in [6, 6.07) is 10.8. The number of thioether (sulfide) groups is 1. The molecule has 0 amide bonds. The first-order valence-electron chi connectivity index (χ1n) is 5.76. The predicted octanol–water partition coefficient (Wildman–Crippen LogP) is 3.22. The second-order valence-electron chi connectivity index (χ2n) is 4.26. The molecule has 2 nitrogen and oxygen atoms in total. The van der Waals surface area contributed by atoms with Gasteiger partial charge in [0.2, 0.25) is 0 Å². The van der Waals surface area contributed by atoms with Crippen molar-refractivity contribution in [3.63, 3.8) is 0 Å². The molecule has 0 heterocycles. The Morgan fingerprint density at radius 1 is 1.41 bits per heavy atom. The first-order valence-corrected chi connectivity index (χ1v) is 7.29. The van der Waals surface area contributed by atoms with Gasteiger partial charge in [0.1, 0.15) is 6.04 Å². The number of nitrogens with one attached hydrogen (secondary N) is 1. The SMILES string of the molecule is N#CC(CSCc1ccc(Cl)cc1)NC1CC1. The lowest BCUT2D eigenvalue weighted by Gasteiger charge is -2.10. The van der Waals surface area contributed by atoms with Crippen LogP contribution in [0.4, 0.5) is 0 Å². The molecule has 1 atom stereocenters. The molecule has 0 saturated heterocycles. The Kier molecular flexibility index (Phi) is 4.73. The van der Waals surface area contributed by atoms with E-state index in [1.54, 1.807) is 11.8 Å². The van der Waals surface area contributed by atoms with Gasteiger partial charge in [0.15, 0.2) is 0 Å². The van der Waals surface area contributed by atoms with E-state index in [1.807, 2.05) is 24.3 Å². The predicted molar refractivity (Wildman–Crippen MR) is 73.2 cm³/mol. The van der Waals surface area contributed by atoms with Gasteiger partial charge in [-0.2, -0.15) is 17.0 Å². The highest BCUT2D eigenvalue weighted by Gasteiger charge is 2.24. The second kappa shape index (κ2) is 6.30. The van der Waals surface area contributed by atoms with E-state index in [2.05, 4.69) is 11.4 Å². The first kappa shape index (κ1) is 12.8. The first-order chi connectivity index (χ1) is 8.28. The van der Waals surface area contributed by atoms with E-state index in [1.165, 1.54) is 18.4 Å². The normalized spacial score (nSPS) is 16.5. The second-order valence-corrected chi connectivity index (χ2v) is 5.73. The molecule has 1 fully saturated rings. The molecule has 4 heteroatoms. The van der Waals surface area contributed by atoms with Crippen LogP contribution in [0.1, 0.15) is 18.4 Å². The van der Waals surface area contributed by atoms with Crippen LogP contribution in [-0.4, -0.2) is 17.8 Å². The summed E-state index contributed by atoms with van der Waals surface area (Å²) >= 11 is 7.61. The van der Waals surface area contributed by atoms with Gasteiger partial charge in [-0.25, -0.2) is 0 Å². The van der Waals surface area contributed by atoms with Crippen LogP contribution >= 0.6 is 23.4 Å². The van der Waals surface area contributed by atoms with Gasteiger partial charge < -0.3 is 0 Å². The zero-order chi connectivity index (χ0) is 12.1. The molecule has 2 rings (SSSR count). The standard InChI is InChI=1S/C13H15ClN2S/c14-11-3-1-10(2-4-11)8-17-9-13(7-15)16-12-5-6-12/h1-4,12-13,16H,5-6,8-9H2. The van der Waals surface area contributed by atoms with Gasteiger partial charge in [-0.05, 0) is 30.5 Å². The topological polar surface area (TPSA) is 35.8 Å². The Hall–Kier alpha value is -0.690. The quantitative estimate of drug-likeness (QED) is 0.859. The number of hydrogen-bond donors (Lipinski definition) is 1. The minimum Gasteiger partial charge on any atom is -0.298 e. The zero-order valence-corrected chi connectivity index (χ0v) is 11.1. The van der Waals surface area contributed by atoms with Crippen molar-refractivity contribution < 1.29 is 0 Å². The van der Waals surface area contributed by atoms with Gasteiger partial charge in [-0.15, -0.1) is 0 Å². The zero-order valence-electron chi connectivity index (χ0n) is 9.53. The lowest BCUT2D eigenvalue weighted by Crippen LogP contribution is -2.31. The average Bonchev–Trinajstić information content (AvgIpc) is 3.14. The van der Waals surface area contributed by atoms with Gasteiger partial charge in [0, 0.05) is 22.6 Å². The van der Waals surface area contributed by atoms with E-state index in [0.717, 1.165) is 16.5 Å². The summed E-state index contributed by atoms with van der Waals surface area (Å²) in [5.74, 6) is 1.78. The lowest BCUT2D eigenvalue weighted by atomic mass is 10.2. The van der Waals surface area contributed by atoms with Crippen LogP contribution in [0.15, 0.2) is 24.3 Å². The van der Waals surface area contributed by atoms with Crippen molar-refractivity contribution in [3.05, 3.63) is 34.9 Å². The monoisotopic (exact) mass is 266 g/mol. The number of rotatable bonds is 6. The molecular formula is C13H15ClN2S. The molecule has 0 aromatic heterocycles. The van der Waals surface area contributed by atoms with Gasteiger partial charge in [0.05, 0.1) is 6.07 Å². The number of nitriles is 1. The molecule has 1 aromatic rings. The summed E-state index contributed by atoms with van der Waals surface area (Å²) in [5, 5.41) is 13.1. The van der Waals surface area contributed by atoms with Crippen LogP contribution in [-0.2, 0) is 5.75 Å². The molecule has 17 heavy (non-hydrogen) atoms. The average molecular weight is 267 g/mol. The fourth-order valence-corrected chi connectivity index (χ4v) is 2.61. The maximum atomic E-state index is 8.99. The van der Waals surface area contributed by atoms with E-state index in [-0.39, 0.29) is 6.04 Å². The van der Waals surface area contributed by atoms with Gasteiger partial charge >= 0.3 is 0 Å². The van der Waals surface area contributed by atoms with Gasteiger partial charge in [0.25, 0.3) is 0 Å². The van der Waals surface area contributed by atoms with Crippen molar-refractivity contribution in [1.82, 2.24) is 5.32 Å². The third kappa shape index (κ3) is 4.59. The molecule has 0 spiro atoms. The van der Waals surface area contributed by atoms with E-state index in [9.17, 15) is 0 Å². The molecule has 1 unspecified atom stereocenters. The molecule has 1 aromatic carbocycles. The van der Waals surface area contributed by atoms with Crippen LogP contribution in [0.2, 0.25) is 5.02 Å². The highest BCUT2D eigenvalue weighted by atomic mass is 35.5. The van der Waals surface area contributed by atoms with E-state index in [4.69, 9.17) is 16.9 Å². The van der Waals surface area contributed by atoms with Gasteiger partial charge in [-0.3, -0.25) is 5.32 Å². The van der Waals surface area contributed by atoms with Crippen molar-refractivity contribution in [3.8, 4) is 6.07 Å². The van der Waals surface area contributed by atoms with Crippen molar-refractivity contribution in [2.45, 2.75) is 30.7 Å². The molecule has 1 N–H and O–H groups in total. The summed E-state index contributed by atoms with van der Waals surface area (Å²) < 4.78 is 0. The lowest BCUT2D eigenvalue weighted by molar-refractivity contribution is 0.644. The summed E-state index contributed by atoms with van der Waals surface area (Å²) in [6.07, 6.45) is 2.44. The summed E-state index contributed by atoms with van der Waals surface area (Å²) in [6.45, 7) is 0. The number of nitrogens with zero attached hydrogens (tertiary/aromatic N) is 1.